The van der Waals surface area contributed by atoms with E-state index < -0.39 is 0 Å². The normalized spacial score (nSPS) is 10.3. The Morgan fingerprint density at radius 1 is 1.30 bits per heavy atom. The number of aryl methyl sites for hydroxylation is 1. The Kier molecular flexibility index (Phi) is 5.37. The Hall–Kier alpha value is -1.60. The lowest BCUT2D eigenvalue weighted by atomic mass is 10.2. The Morgan fingerprint density at radius 3 is 2.75 bits per heavy atom. The first-order valence-corrected chi connectivity index (χ1v) is 7.98. The van der Waals surface area contributed by atoms with Crippen LogP contribution < -0.4 is 10.6 Å². The van der Waals surface area contributed by atoms with Crippen LogP contribution in [0, 0.1) is 6.92 Å². The predicted octanol–water partition coefficient (Wildman–Crippen LogP) is 2.82. The second-order valence-corrected chi connectivity index (χ2v) is 6.52. The maximum atomic E-state index is 10.7. The number of hydrogen-bond acceptors (Lipinski definition) is 6. The second-order valence-electron chi connectivity index (χ2n) is 4.20. The summed E-state index contributed by atoms with van der Waals surface area (Å²) in [5.74, 6) is 0.781. The van der Waals surface area contributed by atoms with E-state index in [1.807, 2.05) is 24.3 Å². The van der Waals surface area contributed by atoms with Gasteiger partial charge in [0, 0.05) is 24.9 Å². The van der Waals surface area contributed by atoms with E-state index in [9.17, 15) is 4.79 Å². The summed E-state index contributed by atoms with van der Waals surface area (Å²) in [4.78, 5) is 10.7. The van der Waals surface area contributed by atoms with Crippen molar-refractivity contribution in [3.63, 3.8) is 0 Å². The van der Waals surface area contributed by atoms with E-state index >= 15 is 0 Å². The highest BCUT2D eigenvalue weighted by Gasteiger charge is 2.05. The van der Waals surface area contributed by atoms with Gasteiger partial charge in [0.25, 0.3) is 0 Å². The Balaban J connectivity index is 1.82. The van der Waals surface area contributed by atoms with Crippen molar-refractivity contribution in [3.8, 4) is 0 Å². The Morgan fingerprint density at radius 2 is 2.05 bits per heavy atom. The van der Waals surface area contributed by atoms with Gasteiger partial charge in [0.1, 0.15) is 0 Å². The van der Waals surface area contributed by atoms with Gasteiger partial charge in [0.05, 0.1) is 0 Å². The molecule has 0 saturated carbocycles. The van der Waals surface area contributed by atoms with Crippen molar-refractivity contribution in [2.45, 2.75) is 18.2 Å². The summed E-state index contributed by atoms with van der Waals surface area (Å²) in [7, 11) is 0. The lowest BCUT2D eigenvalue weighted by Crippen LogP contribution is -2.22. The van der Waals surface area contributed by atoms with Gasteiger partial charge in [-0.25, -0.2) is 0 Å². The highest BCUT2D eigenvalue weighted by molar-refractivity contribution is 8.01. The second kappa shape index (κ2) is 7.25. The molecule has 0 unspecified atom stereocenters. The summed E-state index contributed by atoms with van der Waals surface area (Å²) in [6, 6.07) is 8.12. The van der Waals surface area contributed by atoms with Crippen LogP contribution in [0.25, 0.3) is 0 Å². The van der Waals surface area contributed by atoms with Gasteiger partial charge < -0.3 is 10.6 Å². The van der Waals surface area contributed by atoms with Gasteiger partial charge in [-0.1, -0.05) is 40.8 Å². The number of benzene rings is 1. The van der Waals surface area contributed by atoms with E-state index in [0.29, 0.717) is 6.54 Å². The molecule has 20 heavy (non-hydrogen) atoms. The summed E-state index contributed by atoms with van der Waals surface area (Å²) in [6.07, 6.45) is 0. The van der Waals surface area contributed by atoms with E-state index in [1.54, 1.807) is 11.8 Å². The number of amides is 1. The summed E-state index contributed by atoms with van der Waals surface area (Å²) < 4.78 is 0.893. The third kappa shape index (κ3) is 4.82. The van der Waals surface area contributed by atoms with E-state index in [1.165, 1.54) is 23.8 Å². The molecule has 1 aromatic carbocycles. The van der Waals surface area contributed by atoms with Crippen LogP contribution in [0.2, 0.25) is 0 Å². The molecule has 0 aliphatic heterocycles. The van der Waals surface area contributed by atoms with Crippen LogP contribution in [0.15, 0.2) is 28.6 Å². The number of rotatable bonds is 6. The molecular formula is C13H16N4OS2. The average Bonchev–Trinajstić information content (AvgIpc) is 2.85. The largest absolute Gasteiger partial charge is 0.356 e. The van der Waals surface area contributed by atoms with Gasteiger partial charge in [0.15, 0.2) is 4.34 Å². The first-order chi connectivity index (χ1) is 9.63. The molecule has 0 aliphatic carbocycles. The standard InChI is InChI=1S/C13H16N4OS2/c1-9-3-5-11(6-4-9)15-12-16-17-13(20-12)19-8-7-14-10(2)18/h3-6H,7-8H2,1-2H3,(H,14,18)(H,15,16). The minimum Gasteiger partial charge on any atom is -0.356 e. The molecule has 0 spiro atoms. The number of nitrogens with zero attached hydrogens (tertiary/aromatic N) is 2. The molecule has 106 valence electrons. The number of nitrogens with one attached hydrogen (secondary N) is 2. The van der Waals surface area contributed by atoms with E-state index in [4.69, 9.17) is 0 Å². The number of thioether (sulfide) groups is 1. The van der Waals surface area contributed by atoms with Gasteiger partial charge in [-0.05, 0) is 19.1 Å². The molecule has 2 N–H and O–H groups in total. The van der Waals surface area contributed by atoms with Crippen molar-refractivity contribution >= 4 is 39.8 Å². The molecule has 1 heterocycles. The predicted molar refractivity (Wildman–Crippen MR) is 83.8 cm³/mol. The summed E-state index contributed by atoms with van der Waals surface area (Å²) in [5, 5.41) is 14.9. The third-order valence-corrected chi connectivity index (χ3v) is 4.38. The zero-order valence-electron chi connectivity index (χ0n) is 11.3. The monoisotopic (exact) mass is 308 g/mol. The summed E-state index contributed by atoms with van der Waals surface area (Å²) in [5.41, 5.74) is 2.23. The Bertz CT molecular complexity index is 568. The first-order valence-electron chi connectivity index (χ1n) is 6.18. The molecule has 2 rings (SSSR count). The molecule has 0 fully saturated rings. The van der Waals surface area contributed by atoms with Gasteiger partial charge in [0.2, 0.25) is 11.0 Å². The molecule has 0 atom stereocenters. The topological polar surface area (TPSA) is 66.9 Å². The fraction of sp³-hybridized carbons (Fsp3) is 0.308. The number of anilines is 2. The van der Waals surface area contributed by atoms with E-state index in [-0.39, 0.29) is 5.91 Å². The molecule has 0 radical (unpaired) electrons. The lowest BCUT2D eigenvalue weighted by molar-refractivity contribution is -0.118. The molecule has 1 aromatic heterocycles. The van der Waals surface area contributed by atoms with Gasteiger partial charge >= 0.3 is 0 Å². The van der Waals surface area contributed by atoms with Crippen LogP contribution in [0.5, 0.6) is 0 Å². The highest BCUT2D eigenvalue weighted by Crippen LogP contribution is 2.27. The number of aromatic nitrogens is 2. The smallest absolute Gasteiger partial charge is 0.216 e. The van der Waals surface area contributed by atoms with E-state index in [2.05, 4.69) is 27.8 Å². The first kappa shape index (κ1) is 14.8. The van der Waals surface area contributed by atoms with Crippen molar-refractivity contribution in [2.24, 2.45) is 0 Å². The zero-order valence-corrected chi connectivity index (χ0v) is 13.0. The highest BCUT2D eigenvalue weighted by atomic mass is 32.2. The van der Waals surface area contributed by atoms with Crippen molar-refractivity contribution in [2.75, 3.05) is 17.6 Å². The fourth-order valence-electron chi connectivity index (χ4n) is 1.44. The average molecular weight is 308 g/mol. The third-order valence-electron chi connectivity index (χ3n) is 2.41. The molecule has 7 heteroatoms. The van der Waals surface area contributed by atoms with Crippen LogP contribution in [0.4, 0.5) is 10.8 Å². The molecule has 0 saturated heterocycles. The maximum absolute atomic E-state index is 10.7. The van der Waals surface area contributed by atoms with Crippen LogP contribution in [0.3, 0.4) is 0 Å². The number of carbonyl (C=O) groups excluding carboxylic acids is 1. The number of hydrogen-bond donors (Lipinski definition) is 2. The minimum atomic E-state index is -0.00964. The van der Waals surface area contributed by atoms with Crippen LogP contribution in [0.1, 0.15) is 12.5 Å². The minimum absolute atomic E-state index is 0.00964. The van der Waals surface area contributed by atoms with Crippen LogP contribution >= 0.6 is 23.1 Å². The zero-order chi connectivity index (χ0) is 14.4. The van der Waals surface area contributed by atoms with Gasteiger partial charge in [-0.2, -0.15) is 0 Å². The van der Waals surface area contributed by atoms with Crippen molar-refractivity contribution in [1.29, 1.82) is 0 Å². The van der Waals surface area contributed by atoms with Crippen LogP contribution in [-0.4, -0.2) is 28.4 Å². The van der Waals surface area contributed by atoms with Gasteiger partial charge in [-0.3, -0.25) is 4.79 Å². The summed E-state index contributed by atoms with van der Waals surface area (Å²) in [6.45, 7) is 4.21. The fourth-order valence-corrected chi connectivity index (χ4v) is 3.14. The molecule has 0 bridgehead atoms. The van der Waals surface area contributed by atoms with Crippen molar-refractivity contribution in [3.05, 3.63) is 29.8 Å². The molecule has 2 aromatic rings. The Labute approximate surface area is 126 Å². The maximum Gasteiger partial charge on any atom is 0.216 e. The molecule has 5 nitrogen and oxygen atoms in total. The number of carbonyl (C=O) groups is 1. The van der Waals surface area contributed by atoms with Crippen molar-refractivity contribution in [1.82, 2.24) is 15.5 Å². The molecule has 1 amide bonds. The molecule has 0 aliphatic rings. The lowest BCUT2D eigenvalue weighted by Gasteiger charge is -2.01. The quantitative estimate of drug-likeness (QED) is 0.634. The van der Waals surface area contributed by atoms with E-state index in [0.717, 1.165) is 20.9 Å². The SMILES string of the molecule is CC(=O)NCCSc1nnc(Nc2ccc(C)cc2)s1. The molecular weight excluding hydrogens is 292 g/mol. The van der Waals surface area contributed by atoms with Crippen LogP contribution in [-0.2, 0) is 4.79 Å². The van der Waals surface area contributed by atoms with Gasteiger partial charge in [-0.15, -0.1) is 10.2 Å². The summed E-state index contributed by atoms with van der Waals surface area (Å²) >= 11 is 3.09. The van der Waals surface area contributed by atoms with Crippen molar-refractivity contribution < 1.29 is 4.79 Å².